The fourth-order valence-electron chi connectivity index (χ4n) is 3.29. The molecule has 0 aromatic heterocycles. The van der Waals surface area contributed by atoms with Gasteiger partial charge < -0.3 is 0 Å². The van der Waals surface area contributed by atoms with E-state index in [0.29, 0.717) is 0 Å². The molecule has 0 aromatic rings. The minimum absolute atomic E-state index is 0.0923. The standard InChI is InChI=1S/C28H44/c1-9-15-20-24(19-13-5)26(23-18-12-4)27(28(7,8)14-6)25(21-16-10-2)22-17-11-3/h10,13-16,18-20,23H,6,9,11-12,17,21-22H2,1-5,7-8H3. The molecular formula is C28H44. The van der Waals surface area contributed by atoms with Gasteiger partial charge in [0.05, 0.1) is 0 Å². The average Bonchev–Trinajstić information content (AvgIpc) is 2.69. The van der Waals surface area contributed by atoms with Gasteiger partial charge in [-0.15, -0.1) is 6.58 Å². The van der Waals surface area contributed by atoms with Crippen LogP contribution in [0.15, 0.2) is 83.6 Å². The van der Waals surface area contributed by atoms with Crippen LogP contribution in [0.1, 0.15) is 87.0 Å². The molecule has 0 bridgehead atoms. The molecule has 0 spiro atoms. The van der Waals surface area contributed by atoms with Gasteiger partial charge >= 0.3 is 0 Å². The van der Waals surface area contributed by atoms with E-state index in [4.69, 9.17) is 0 Å². The topological polar surface area (TPSA) is 0 Å². The van der Waals surface area contributed by atoms with Crippen molar-refractivity contribution in [3.05, 3.63) is 83.6 Å². The zero-order valence-corrected chi connectivity index (χ0v) is 19.6. The Morgan fingerprint density at radius 3 is 2.00 bits per heavy atom. The maximum absolute atomic E-state index is 4.19. The smallest absolute Gasteiger partial charge is 0.00785 e. The molecule has 0 aliphatic heterocycles. The molecule has 0 heterocycles. The maximum Gasteiger partial charge on any atom is 0.00785 e. The summed E-state index contributed by atoms with van der Waals surface area (Å²) in [5.74, 6) is 0. The summed E-state index contributed by atoms with van der Waals surface area (Å²) in [6.07, 6.45) is 26.8. The Kier molecular flexibility index (Phi) is 14.2. The van der Waals surface area contributed by atoms with E-state index in [1.165, 1.54) is 35.1 Å². The number of hydrogen-bond acceptors (Lipinski definition) is 0. The largest absolute Gasteiger partial charge is 0.102 e. The lowest BCUT2D eigenvalue weighted by atomic mass is 9.74. The van der Waals surface area contributed by atoms with Crippen molar-refractivity contribution in [2.75, 3.05) is 0 Å². The highest BCUT2D eigenvalue weighted by Crippen LogP contribution is 2.40. The molecule has 0 radical (unpaired) electrons. The van der Waals surface area contributed by atoms with E-state index < -0.39 is 0 Å². The van der Waals surface area contributed by atoms with Gasteiger partial charge in [-0.1, -0.05) is 101 Å². The van der Waals surface area contributed by atoms with E-state index in [-0.39, 0.29) is 5.41 Å². The number of allylic oxidation sites excluding steroid dienone is 13. The Labute approximate surface area is 176 Å². The first-order chi connectivity index (χ1) is 13.4. The molecule has 0 atom stereocenters. The number of hydrogen-bond donors (Lipinski definition) is 0. The number of rotatable bonds is 13. The van der Waals surface area contributed by atoms with Crippen molar-refractivity contribution in [1.82, 2.24) is 0 Å². The molecule has 0 aliphatic rings. The summed E-state index contributed by atoms with van der Waals surface area (Å²) in [5.41, 5.74) is 5.50. The van der Waals surface area contributed by atoms with Gasteiger partial charge in [0.1, 0.15) is 0 Å². The van der Waals surface area contributed by atoms with Crippen LogP contribution in [-0.2, 0) is 0 Å². The van der Waals surface area contributed by atoms with Crippen molar-refractivity contribution in [1.29, 1.82) is 0 Å². The predicted octanol–water partition coefficient (Wildman–Crippen LogP) is 9.46. The molecule has 0 heteroatoms. The molecule has 0 rings (SSSR count). The summed E-state index contributed by atoms with van der Waals surface area (Å²) in [4.78, 5) is 0. The van der Waals surface area contributed by atoms with E-state index in [9.17, 15) is 0 Å². The third-order valence-corrected chi connectivity index (χ3v) is 4.92. The van der Waals surface area contributed by atoms with Crippen LogP contribution >= 0.6 is 0 Å². The SMILES string of the molecule is C=CC(C)(C)C(=C(CC=CC)CCCC)C(C=CCC)=C(C=CC)C=CCC. The van der Waals surface area contributed by atoms with Gasteiger partial charge in [0.2, 0.25) is 0 Å². The quantitative estimate of drug-likeness (QED) is 0.220. The highest BCUT2D eigenvalue weighted by Gasteiger charge is 2.26. The van der Waals surface area contributed by atoms with Crippen molar-refractivity contribution >= 4 is 0 Å². The Balaban J connectivity index is 7.09. The molecule has 0 unspecified atom stereocenters. The minimum atomic E-state index is -0.0923. The summed E-state index contributed by atoms with van der Waals surface area (Å²) >= 11 is 0. The van der Waals surface area contributed by atoms with Crippen LogP contribution in [0.4, 0.5) is 0 Å². The van der Waals surface area contributed by atoms with Gasteiger partial charge in [0.15, 0.2) is 0 Å². The summed E-state index contributed by atoms with van der Waals surface area (Å²) < 4.78 is 0. The van der Waals surface area contributed by atoms with E-state index in [1.807, 2.05) is 0 Å². The zero-order valence-electron chi connectivity index (χ0n) is 19.6. The first kappa shape index (κ1) is 26.2. The lowest BCUT2D eigenvalue weighted by molar-refractivity contribution is 0.574. The van der Waals surface area contributed by atoms with Crippen molar-refractivity contribution in [2.45, 2.75) is 87.0 Å². The second-order valence-electron chi connectivity index (χ2n) is 7.77. The van der Waals surface area contributed by atoms with Gasteiger partial charge in [-0.05, 0) is 62.7 Å². The Hall–Kier alpha value is -1.82. The van der Waals surface area contributed by atoms with Crippen LogP contribution in [0.2, 0.25) is 0 Å². The van der Waals surface area contributed by atoms with Crippen LogP contribution < -0.4 is 0 Å². The summed E-state index contributed by atoms with van der Waals surface area (Å²) in [7, 11) is 0. The lowest BCUT2D eigenvalue weighted by Gasteiger charge is -2.30. The molecule has 28 heavy (non-hydrogen) atoms. The fraction of sp³-hybridized carbons (Fsp3) is 0.500. The molecule has 0 nitrogen and oxygen atoms in total. The fourth-order valence-corrected chi connectivity index (χ4v) is 3.29. The van der Waals surface area contributed by atoms with Crippen molar-refractivity contribution in [2.24, 2.45) is 5.41 Å². The Morgan fingerprint density at radius 2 is 1.50 bits per heavy atom. The van der Waals surface area contributed by atoms with E-state index in [2.05, 4.69) is 110 Å². The van der Waals surface area contributed by atoms with Gasteiger partial charge in [-0.2, -0.15) is 0 Å². The molecule has 0 saturated heterocycles. The van der Waals surface area contributed by atoms with Crippen molar-refractivity contribution in [3.8, 4) is 0 Å². The number of unbranched alkanes of at least 4 members (excludes halogenated alkanes) is 1. The monoisotopic (exact) mass is 380 g/mol. The molecule has 0 N–H and O–H groups in total. The second kappa shape index (κ2) is 15.1. The molecular weight excluding hydrogens is 336 g/mol. The minimum Gasteiger partial charge on any atom is -0.102 e. The summed E-state index contributed by atoms with van der Waals surface area (Å²) in [6.45, 7) is 19.7. The molecule has 0 fully saturated rings. The third-order valence-electron chi connectivity index (χ3n) is 4.92. The molecule has 0 saturated carbocycles. The van der Waals surface area contributed by atoms with Crippen LogP contribution in [0, 0.1) is 5.41 Å². The van der Waals surface area contributed by atoms with E-state index >= 15 is 0 Å². The van der Waals surface area contributed by atoms with E-state index in [0.717, 1.165) is 25.7 Å². The second-order valence-corrected chi connectivity index (χ2v) is 7.77. The van der Waals surface area contributed by atoms with Crippen LogP contribution in [0.3, 0.4) is 0 Å². The summed E-state index contributed by atoms with van der Waals surface area (Å²) in [5, 5.41) is 0. The van der Waals surface area contributed by atoms with Gasteiger partial charge in [-0.25, -0.2) is 0 Å². The Bertz CT molecular complexity index is 627. The normalized spacial score (nSPS) is 15.1. The van der Waals surface area contributed by atoms with Gasteiger partial charge in [-0.3, -0.25) is 0 Å². The average molecular weight is 381 g/mol. The maximum atomic E-state index is 4.19. The van der Waals surface area contributed by atoms with Crippen LogP contribution in [0.25, 0.3) is 0 Å². The van der Waals surface area contributed by atoms with Crippen LogP contribution in [-0.4, -0.2) is 0 Å². The predicted molar refractivity (Wildman–Crippen MR) is 131 cm³/mol. The van der Waals surface area contributed by atoms with Crippen molar-refractivity contribution in [3.63, 3.8) is 0 Å². The van der Waals surface area contributed by atoms with E-state index in [1.54, 1.807) is 0 Å². The summed E-state index contributed by atoms with van der Waals surface area (Å²) in [6, 6.07) is 0. The first-order valence-electron chi connectivity index (χ1n) is 11.1. The van der Waals surface area contributed by atoms with Crippen molar-refractivity contribution < 1.29 is 0 Å². The third kappa shape index (κ3) is 8.91. The highest BCUT2D eigenvalue weighted by molar-refractivity contribution is 5.56. The van der Waals surface area contributed by atoms with Crippen LogP contribution in [0.5, 0.6) is 0 Å². The van der Waals surface area contributed by atoms with Gasteiger partial charge in [0, 0.05) is 5.41 Å². The van der Waals surface area contributed by atoms with Gasteiger partial charge in [0.25, 0.3) is 0 Å². The first-order valence-corrected chi connectivity index (χ1v) is 11.1. The molecule has 156 valence electrons. The molecule has 0 aliphatic carbocycles. The Morgan fingerprint density at radius 1 is 0.857 bits per heavy atom. The zero-order chi connectivity index (χ0) is 21.4. The molecule has 0 amide bonds. The highest BCUT2D eigenvalue weighted by atomic mass is 14.3. The lowest BCUT2D eigenvalue weighted by Crippen LogP contribution is -2.16. The molecule has 0 aromatic carbocycles.